The van der Waals surface area contributed by atoms with Gasteiger partial charge in [-0.15, -0.1) is 0 Å². The van der Waals surface area contributed by atoms with E-state index in [2.05, 4.69) is 0 Å². The lowest BCUT2D eigenvalue weighted by molar-refractivity contribution is -0.145. The summed E-state index contributed by atoms with van der Waals surface area (Å²) in [7, 11) is 1.54. The molecular weight excluding hydrogens is 304 g/mol. The van der Waals surface area contributed by atoms with Crippen molar-refractivity contribution in [1.29, 1.82) is 0 Å². The molecule has 4 nitrogen and oxygen atoms in total. The molecule has 0 bridgehead atoms. The van der Waals surface area contributed by atoms with Gasteiger partial charge in [-0.05, 0) is 36.2 Å². The molecule has 0 aliphatic heterocycles. The molecule has 0 saturated heterocycles. The first-order chi connectivity index (χ1) is 10.5. The number of methoxy groups -OCH3 is 1. The first kappa shape index (κ1) is 16.2. The van der Waals surface area contributed by atoms with Crippen LogP contribution in [-0.4, -0.2) is 24.3 Å². The minimum atomic E-state index is -1.03. The van der Waals surface area contributed by atoms with Crippen molar-refractivity contribution in [1.82, 2.24) is 0 Å². The van der Waals surface area contributed by atoms with E-state index >= 15 is 0 Å². The SMILES string of the molecule is COc1cccc(O[C@H](Cc2ccc(C)c(Cl)c2)C(=O)O)c1. The second-order valence-corrected chi connectivity index (χ2v) is 5.32. The zero-order valence-corrected chi connectivity index (χ0v) is 13.1. The van der Waals surface area contributed by atoms with Crippen LogP contribution in [-0.2, 0) is 11.2 Å². The van der Waals surface area contributed by atoms with E-state index in [1.807, 2.05) is 19.1 Å². The Morgan fingerprint density at radius 2 is 1.95 bits per heavy atom. The molecule has 0 unspecified atom stereocenters. The Bertz CT molecular complexity index is 669. The molecule has 0 aliphatic carbocycles. The van der Waals surface area contributed by atoms with E-state index in [9.17, 15) is 9.90 Å². The van der Waals surface area contributed by atoms with E-state index in [0.717, 1.165) is 11.1 Å². The maximum Gasteiger partial charge on any atom is 0.345 e. The smallest absolute Gasteiger partial charge is 0.345 e. The lowest BCUT2D eigenvalue weighted by atomic mass is 10.1. The number of halogens is 1. The summed E-state index contributed by atoms with van der Waals surface area (Å²) < 4.78 is 10.7. The number of aryl methyl sites for hydroxylation is 1. The number of carboxylic acids is 1. The van der Waals surface area contributed by atoms with Crippen molar-refractivity contribution >= 4 is 17.6 Å². The van der Waals surface area contributed by atoms with Crippen LogP contribution < -0.4 is 9.47 Å². The zero-order valence-electron chi connectivity index (χ0n) is 12.4. The van der Waals surface area contributed by atoms with E-state index in [4.69, 9.17) is 21.1 Å². The largest absolute Gasteiger partial charge is 0.497 e. The van der Waals surface area contributed by atoms with Crippen LogP contribution in [0.25, 0.3) is 0 Å². The molecule has 116 valence electrons. The average molecular weight is 321 g/mol. The molecule has 5 heteroatoms. The first-order valence-corrected chi connectivity index (χ1v) is 7.16. The Labute approximate surface area is 134 Å². The molecule has 2 aromatic carbocycles. The third-order valence-electron chi connectivity index (χ3n) is 3.25. The average Bonchev–Trinajstić information content (AvgIpc) is 2.50. The number of carbonyl (C=O) groups is 1. The van der Waals surface area contributed by atoms with E-state index in [1.54, 1.807) is 37.4 Å². The Hall–Kier alpha value is -2.20. The molecule has 2 rings (SSSR count). The molecule has 0 aliphatic rings. The normalized spacial score (nSPS) is 11.8. The molecule has 0 radical (unpaired) electrons. The van der Waals surface area contributed by atoms with Crippen LogP contribution in [0.2, 0.25) is 5.02 Å². The molecule has 0 heterocycles. The minimum absolute atomic E-state index is 0.229. The van der Waals surface area contributed by atoms with Gasteiger partial charge in [-0.25, -0.2) is 4.79 Å². The van der Waals surface area contributed by atoms with Crippen LogP contribution in [0.5, 0.6) is 11.5 Å². The van der Waals surface area contributed by atoms with E-state index < -0.39 is 12.1 Å². The van der Waals surface area contributed by atoms with Crippen molar-refractivity contribution in [3.8, 4) is 11.5 Å². The topological polar surface area (TPSA) is 55.8 Å². The predicted octanol–water partition coefficient (Wildman–Crippen LogP) is 3.73. The van der Waals surface area contributed by atoms with Gasteiger partial charge in [0.2, 0.25) is 0 Å². The summed E-state index contributed by atoms with van der Waals surface area (Å²) in [5, 5.41) is 9.97. The van der Waals surface area contributed by atoms with Gasteiger partial charge in [-0.3, -0.25) is 0 Å². The van der Waals surface area contributed by atoms with Crippen LogP contribution >= 0.6 is 11.6 Å². The van der Waals surface area contributed by atoms with E-state index in [1.165, 1.54) is 0 Å². The summed E-state index contributed by atoms with van der Waals surface area (Å²) >= 11 is 6.07. The predicted molar refractivity (Wildman–Crippen MR) is 84.9 cm³/mol. The Kier molecular flexibility index (Phi) is 5.28. The van der Waals surface area contributed by atoms with Crippen LogP contribution in [0.1, 0.15) is 11.1 Å². The summed E-state index contributed by atoms with van der Waals surface area (Å²) in [6.07, 6.45) is -0.766. The minimum Gasteiger partial charge on any atom is -0.497 e. The van der Waals surface area contributed by atoms with Crippen LogP contribution in [0.15, 0.2) is 42.5 Å². The quantitative estimate of drug-likeness (QED) is 0.881. The molecule has 0 amide bonds. The van der Waals surface area contributed by atoms with Crippen molar-refractivity contribution in [3.63, 3.8) is 0 Å². The summed E-state index contributed by atoms with van der Waals surface area (Å²) in [4.78, 5) is 11.4. The standard InChI is InChI=1S/C17H17ClO4/c1-11-6-7-12(8-15(11)18)9-16(17(19)20)22-14-5-3-4-13(10-14)21-2/h3-8,10,16H,9H2,1-2H3,(H,19,20)/t16-/m1/s1. The highest BCUT2D eigenvalue weighted by Gasteiger charge is 2.20. The number of hydrogen-bond donors (Lipinski definition) is 1. The molecule has 22 heavy (non-hydrogen) atoms. The lowest BCUT2D eigenvalue weighted by Crippen LogP contribution is -2.29. The molecular formula is C17H17ClO4. The number of carboxylic acid groups (broad SMARTS) is 1. The molecule has 2 aromatic rings. The second kappa shape index (κ2) is 7.18. The van der Waals surface area contributed by atoms with Gasteiger partial charge in [0.05, 0.1) is 7.11 Å². The number of benzene rings is 2. The van der Waals surface area contributed by atoms with Gasteiger partial charge < -0.3 is 14.6 Å². The number of ether oxygens (including phenoxy) is 2. The third-order valence-corrected chi connectivity index (χ3v) is 3.66. The highest BCUT2D eigenvalue weighted by molar-refractivity contribution is 6.31. The summed E-state index contributed by atoms with van der Waals surface area (Å²) in [6.45, 7) is 1.90. The maximum absolute atomic E-state index is 11.4. The Morgan fingerprint density at radius 3 is 2.59 bits per heavy atom. The summed E-state index contributed by atoms with van der Waals surface area (Å²) in [5.74, 6) is 0.0319. The van der Waals surface area contributed by atoms with Gasteiger partial charge in [-0.1, -0.05) is 29.8 Å². The van der Waals surface area contributed by atoms with Crippen LogP contribution in [0, 0.1) is 6.92 Å². The van der Waals surface area contributed by atoms with Crippen molar-refractivity contribution in [2.45, 2.75) is 19.4 Å². The molecule has 0 fully saturated rings. The lowest BCUT2D eigenvalue weighted by Gasteiger charge is -2.16. The monoisotopic (exact) mass is 320 g/mol. The Balaban J connectivity index is 2.15. The van der Waals surface area contributed by atoms with E-state index in [0.29, 0.717) is 16.5 Å². The summed E-state index contributed by atoms with van der Waals surface area (Å²) in [5.41, 5.74) is 1.76. The molecule has 0 spiro atoms. The number of hydrogen-bond acceptors (Lipinski definition) is 3. The van der Waals surface area contributed by atoms with Gasteiger partial charge >= 0.3 is 5.97 Å². The number of rotatable bonds is 6. The fourth-order valence-electron chi connectivity index (χ4n) is 2.00. The van der Waals surface area contributed by atoms with Gasteiger partial charge in [0.25, 0.3) is 0 Å². The van der Waals surface area contributed by atoms with Gasteiger partial charge in [0.15, 0.2) is 6.10 Å². The van der Waals surface area contributed by atoms with Gasteiger partial charge in [0, 0.05) is 17.5 Å². The van der Waals surface area contributed by atoms with Crippen molar-refractivity contribution in [2.24, 2.45) is 0 Å². The molecule has 1 atom stereocenters. The van der Waals surface area contributed by atoms with Gasteiger partial charge in [-0.2, -0.15) is 0 Å². The van der Waals surface area contributed by atoms with E-state index in [-0.39, 0.29) is 6.42 Å². The fourth-order valence-corrected chi connectivity index (χ4v) is 2.20. The van der Waals surface area contributed by atoms with Crippen molar-refractivity contribution in [2.75, 3.05) is 7.11 Å². The summed E-state index contributed by atoms with van der Waals surface area (Å²) in [6, 6.07) is 12.3. The van der Waals surface area contributed by atoms with Crippen LogP contribution in [0.4, 0.5) is 0 Å². The maximum atomic E-state index is 11.4. The molecule has 0 saturated carbocycles. The molecule has 1 N–H and O–H groups in total. The Morgan fingerprint density at radius 1 is 1.23 bits per heavy atom. The van der Waals surface area contributed by atoms with Crippen LogP contribution in [0.3, 0.4) is 0 Å². The van der Waals surface area contributed by atoms with Crippen molar-refractivity contribution in [3.05, 3.63) is 58.6 Å². The highest BCUT2D eigenvalue weighted by atomic mass is 35.5. The fraction of sp³-hybridized carbons (Fsp3) is 0.235. The third kappa shape index (κ3) is 4.15. The zero-order chi connectivity index (χ0) is 16.1. The first-order valence-electron chi connectivity index (χ1n) is 6.78. The number of aliphatic carboxylic acids is 1. The molecule has 0 aromatic heterocycles. The second-order valence-electron chi connectivity index (χ2n) is 4.91. The van der Waals surface area contributed by atoms with Gasteiger partial charge in [0.1, 0.15) is 11.5 Å². The highest BCUT2D eigenvalue weighted by Crippen LogP contribution is 2.22. The van der Waals surface area contributed by atoms with Crippen molar-refractivity contribution < 1.29 is 19.4 Å².